The van der Waals surface area contributed by atoms with Crippen molar-refractivity contribution >= 4 is 73.9 Å². The molecule has 0 aliphatic carbocycles. The first kappa shape index (κ1) is 33.6. The van der Waals surface area contributed by atoms with Crippen molar-refractivity contribution in [2.24, 2.45) is 0 Å². The number of hydrogen-bond donors (Lipinski definition) is 1. The SMILES string of the molecule is CCNC(=O)C(Cc1ccccc1)N(Cc1ccc(Cl)cc1Cl)C(=O)CN(c1cccc(Cl)c1Cl)S(=O)(=O)c1ccccc1. The predicted octanol–water partition coefficient (Wildman–Crippen LogP) is 7.27. The molecule has 7 nitrogen and oxygen atoms in total. The van der Waals surface area contributed by atoms with Gasteiger partial charge in [0, 0.05) is 29.6 Å². The average molecular weight is 693 g/mol. The number of hydrogen-bond acceptors (Lipinski definition) is 4. The molecule has 4 rings (SSSR count). The molecule has 2 amide bonds. The third-order valence-corrected chi connectivity index (χ3v) is 9.96. The van der Waals surface area contributed by atoms with E-state index in [1.54, 1.807) is 43.3 Å². The van der Waals surface area contributed by atoms with Crippen LogP contribution in [0.5, 0.6) is 0 Å². The lowest BCUT2D eigenvalue weighted by molar-refractivity contribution is -0.140. The molecular formula is C32H29Cl4N3O4S. The molecule has 12 heteroatoms. The molecule has 230 valence electrons. The van der Waals surface area contributed by atoms with Crippen molar-refractivity contribution in [3.8, 4) is 0 Å². The minimum atomic E-state index is -4.32. The summed E-state index contributed by atoms with van der Waals surface area (Å²) >= 11 is 25.4. The number of nitrogens with one attached hydrogen (secondary N) is 1. The van der Waals surface area contributed by atoms with Crippen molar-refractivity contribution in [2.75, 3.05) is 17.4 Å². The Labute approximate surface area is 277 Å². The van der Waals surface area contributed by atoms with E-state index < -0.39 is 34.4 Å². The van der Waals surface area contributed by atoms with E-state index in [9.17, 15) is 18.0 Å². The Morgan fingerprint density at radius 1 is 0.818 bits per heavy atom. The van der Waals surface area contributed by atoms with Crippen LogP contribution in [0.1, 0.15) is 18.1 Å². The van der Waals surface area contributed by atoms with Gasteiger partial charge in [-0.25, -0.2) is 8.42 Å². The van der Waals surface area contributed by atoms with Gasteiger partial charge in [0.1, 0.15) is 12.6 Å². The number of carbonyl (C=O) groups is 2. The number of sulfonamides is 1. The largest absolute Gasteiger partial charge is 0.355 e. The maximum atomic E-state index is 14.4. The average Bonchev–Trinajstić information content (AvgIpc) is 3.01. The van der Waals surface area contributed by atoms with Crippen LogP contribution >= 0.6 is 46.4 Å². The molecule has 0 aliphatic rings. The fourth-order valence-electron chi connectivity index (χ4n) is 4.60. The molecule has 0 saturated carbocycles. The maximum Gasteiger partial charge on any atom is 0.264 e. The summed E-state index contributed by atoms with van der Waals surface area (Å²) in [5.41, 5.74) is 1.33. The number of anilines is 1. The fourth-order valence-corrected chi connectivity index (χ4v) is 6.96. The molecule has 0 spiro atoms. The maximum absolute atomic E-state index is 14.4. The van der Waals surface area contributed by atoms with E-state index in [2.05, 4.69) is 5.32 Å². The van der Waals surface area contributed by atoms with Gasteiger partial charge in [0.25, 0.3) is 10.0 Å². The molecule has 1 N–H and O–H groups in total. The molecule has 0 heterocycles. The van der Waals surface area contributed by atoms with Gasteiger partial charge >= 0.3 is 0 Å². The number of likely N-dealkylation sites (N-methyl/N-ethyl adjacent to an activating group) is 1. The Morgan fingerprint density at radius 2 is 1.48 bits per heavy atom. The van der Waals surface area contributed by atoms with Gasteiger partial charge in [-0.3, -0.25) is 13.9 Å². The van der Waals surface area contributed by atoms with Gasteiger partial charge in [-0.2, -0.15) is 0 Å². The van der Waals surface area contributed by atoms with E-state index in [1.165, 1.54) is 35.2 Å². The Bertz CT molecular complexity index is 1720. The van der Waals surface area contributed by atoms with Crippen molar-refractivity contribution in [2.45, 2.75) is 30.8 Å². The number of rotatable bonds is 12. The minimum Gasteiger partial charge on any atom is -0.355 e. The summed E-state index contributed by atoms with van der Waals surface area (Å²) in [6.07, 6.45) is 0.160. The summed E-state index contributed by atoms with van der Waals surface area (Å²) in [5.74, 6) is -1.08. The Hall–Kier alpha value is -3.27. The molecule has 0 radical (unpaired) electrons. The zero-order valence-electron chi connectivity index (χ0n) is 23.6. The fraction of sp³-hybridized carbons (Fsp3) is 0.188. The molecule has 1 unspecified atom stereocenters. The zero-order chi connectivity index (χ0) is 31.9. The van der Waals surface area contributed by atoms with E-state index >= 15 is 0 Å². The van der Waals surface area contributed by atoms with E-state index in [1.807, 2.05) is 30.3 Å². The molecule has 4 aromatic rings. The van der Waals surface area contributed by atoms with Gasteiger partial charge < -0.3 is 10.2 Å². The van der Waals surface area contributed by atoms with Crippen molar-refractivity contribution in [1.82, 2.24) is 10.2 Å². The van der Waals surface area contributed by atoms with Crippen LogP contribution in [0, 0.1) is 0 Å². The summed E-state index contributed by atoms with van der Waals surface area (Å²) < 4.78 is 29.0. The highest BCUT2D eigenvalue weighted by molar-refractivity contribution is 7.92. The van der Waals surface area contributed by atoms with Crippen molar-refractivity contribution < 1.29 is 18.0 Å². The van der Waals surface area contributed by atoms with E-state index in [0.717, 1.165) is 9.87 Å². The van der Waals surface area contributed by atoms with Crippen LogP contribution in [-0.4, -0.2) is 44.3 Å². The normalized spacial score (nSPS) is 11.9. The van der Waals surface area contributed by atoms with E-state index in [-0.39, 0.29) is 38.6 Å². The quantitative estimate of drug-likeness (QED) is 0.169. The standard InChI is InChI=1S/C32H29Cl4N3O4S/c1-2-37-32(41)29(18-22-10-5-3-6-11-22)38(20-23-16-17-24(33)19-27(23)35)30(40)21-39(28-15-9-14-26(34)31(28)36)44(42,43)25-12-7-4-8-13-25/h3-17,19,29H,2,18,20-21H2,1H3,(H,37,41). The van der Waals surface area contributed by atoms with Crippen LogP contribution < -0.4 is 9.62 Å². The Morgan fingerprint density at radius 3 is 2.11 bits per heavy atom. The lowest BCUT2D eigenvalue weighted by Gasteiger charge is -2.34. The predicted molar refractivity (Wildman–Crippen MR) is 177 cm³/mol. The number of carbonyl (C=O) groups excluding carboxylic acids is 2. The molecule has 44 heavy (non-hydrogen) atoms. The van der Waals surface area contributed by atoms with Crippen LogP contribution in [0.3, 0.4) is 0 Å². The molecule has 1 atom stereocenters. The summed E-state index contributed by atoms with van der Waals surface area (Å²) in [6.45, 7) is 1.30. The number of nitrogens with zero attached hydrogens (tertiary/aromatic N) is 2. The highest BCUT2D eigenvalue weighted by Crippen LogP contribution is 2.36. The van der Waals surface area contributed by atoms with Crippen LogP contribution in [0.15, 0.2) is 102 Å². The molecule has 4 aromatic carbocycles. The molecular weight excluding hydrogens is 664 g/mol. The molecule has 0 aromatic heterocycles. The highest BCUT2D eigenvalue weighted by Gasteiger charge is 2.35. The van der Waals surface area contributed by atoms with Gasteiger partial charge in [-0.1, -0.05) is 107 Å². The van der Waals surface area contributed by atoms with Crippen molar-refractivity contribution in [1.29, 1.82) is 0 Å². The molecule has 0 saturated heterocycles. The van der Waals surface area contributed by atoms with Gasteiger partial charge in [0.15, 0.2) is 0 Å². The van der Waals surface area contributed by atoms with Crippen LogP contribution in [0.2, 0.25) is 20.1 Å². The van der Waals surface area contributed by atoms with Gasteiger partial charge in [-0.05, 0) is 54.4 Å². The summed E-state index contributed by atoms with van der Waals surface area (Å²) in [6, 6.07) is 25.2. The van der Waals surface area contributed by atoms with Crippen LogP contribution in [0.4, 0.5) is 5.69 Å². The Kier molecular flexibility index (Phi) is 11.6. The lowest BCUT2D eigenvalue weighted by atomic mass is 10.0. The third-order valence-electron chi connectivity index (χ3n) is 6.79. The first-order chi connectivity index (χ1) is 21.0. The van der Waals surface area contributed by atoms with Crippen molar-refractivity contribution in [3.05, 3.63) is 128 Å². The van der Waals surface area contributed by atoms with Gasteiger partial charge in [0.2, 0.25) is 11.8 Å². The monoisotopic (exact) mass is 691 g/mol. The highest BCUT2D eigenvalue weighted by atomic mass is 35.5. The second-order valence-electron chi connectivity index (χ2n) is 9.76. The molecule has 0 fully saturated rings. The summed E-state index contributed by atoms with van der Waals surface area (Å²) in [4.78, 5) is 29.3. The summed E-state index contributed by atoms with van der Waals surface area (Å²) in [7, 11) is -4.32. The van der Waals surface area contributed by atoms with Crippen LogP contribution in [-0.2, 0) is 32.6 Å². The van der Waals surface area contributed by atoms with E-state index in [4.69, 9.17) is 46.4 Å². The molecule has 0 bridgehead atoms. The second kappa shape index (κ2) is 15.1. The first-order valence-corrected chi connectivity index (χ1v) is 16.5. The number of benzene rings is 4. The number of amides is 2. The first-order valence-electron chi connectivity index (χ1n) is 13.6. The lowest BCUT2D eigenvalue weighted by Crippen LogP contribution is -2.53. The second-order valence-corrected chi connectivity index (χ2v) is 13.2. The third kappa shape index (κ3) is 8.06. The summed E-state index contributed by atoms with van der Waals surface area (Å²) in [5, 5.41) is 3.57. The van der Waals surface area contributed by atoms with E-state index in [0.29, 0.717) is 17.1 Å². The van der Waals surface area contributed by atoms with Gasteiger partial charge in [0.05, 0.1) is 20.6 Å². The topological polar surface area (TPSA) is 86.8 Å². The Balaban J connectivity index is 1.84. The number of halogens is 4. The molecule has 0 aliphatic heterocycles. The smallest absolute Gasteiger partial charge is 0.264 e. The zero-order valence-corrected chi connectivity index (χ0v) is 27.4. The minimum absolute atomic E-state index is 0.0125. The van der Waals surface area contributed by atoms with Gasteiger partial charge in [-0.15, -0.1) is 0 Å². The van der Waals surface area contributed by atoms with Crippen molar-refractivity contribution in [3.63, 3.8) is 0 Å². The van der Waals surface area contributed by atoms with Crippen LogP contribution in [0.25, 0.3) is 0 Å².